The van der Waals surface area contributed by atoms with Gasteiger partial charge in [-0.15, -0.1) is 0 Å². The molecule has 1 aromatic rings. The normalized spacial score (nSPS) is 11.4. The smallest absolute Gasteiger partial charge is 0.335 e. The van der Waals surface area contributed by atoms with Crippen LogP contribution in [0.2, 0.25) is 0 Å². The first-order valence-electron chi connectivity index (χ1n) is 5.67. The topological polar surface area (TPSA) is 97.5 Å². The summed E-state index contributed by atoms with van der Waals surface area (Å²) in [5.74, 6) is -0.963. The molecule has 0 aliphatic rings. The van der Waals surface area contributed by atoms with E-state index >= 15 is 0 Å². The van der Waals surface area contributed by atoms with Crippen LogP contribution in [0, 0.1) is 0 Å². The van der Waals surface area contributed by atoms with Crippen molar-refractivity contribution in [2.24, 2.45) is 5.73 Å². The quantitative estimate of drug-likeness (QED) is 0.722. The molecule has 0 saturated heterocycles. The molecule has 18 heavy (non-hydrogen) atoms. The van der Waals surface area contributed by atoms with E-state index in [-0.39, 0.29) is 17.1 Å². The lowest BCUT2D eigenvalue weighted by molar-refractivity contribution is 0.0697. The highest BCUT2D eigenvalue weighted by Crippen LogP contribution is 2.10. The van der Waals surface area contributed by atoms with E-state index in [0.717, 1.165) is 0 Å². The summed E-state index contributed by atoms with van der Waals surface area (Å²) in [6, 6.07) is 5.88. The van der Waals surface area contributed by atoms with Crippen molar-refractivity contribution in [3.63, 3.8) is 0 Å². The van der Waals surface area contributed by atoms with Crippen molar-refractivity contribution in [2.75, 3.05) is 12.3 Å². The zero-order valence-electron chi connectivity index (χ0n) is 10.0. The molecule has 100 valence electrons. The lowest BCUT2D eigenvalue weighted by atomic mass is 10.1. The third-order valence-electron chi connectivity index (χ3n) is 2.50. The predicted octanol–water partition coefficient (Wildman–Crippen LogP) is 1.04. The zero-order chi connectivity index (χ0) is 13.6. The van der Waals surface area contributed by atoms with Crippen LogP contribution < -0.4 is 5.73 Å². The summed E-state index contributed by atoms with van der Waals surface area (Å²) < 4.78 is 23.5. The highest BCUT2D eigenvalue weighted by atomic mass is 32.2. The Labute approximate surface area is 107 Å². The van der Waals surface area contributed by atoms with Crippen LogP contribution in [0.4, 0.5) is 0 Å². The third-order valence-corrected chi connectivity index (χ3v) is 4.18. The summed E-state index contributed by atoms with van der Waals surface area (Å²) in [6.07, 6.45) is 1.25. The summed E-state index contributed by atoms with van der Waals surface area (Å²) in [4.78, 5) is 10.6. The van der Waals surface area contributed by atoms with Crippen LogP contribution in [0.5, 0.6) is 0 Å². The fraction of sp³-hybridized carbons (Fsp3) is 0.417. The molecule has 3 N–H and O–H groups in total. The maximum Gasteiger partial charge on any atom is 0.335 e. The van der Waals surface area contributed by atoms with Gasteiger partial charge in [0.1, 0.15) is 0 Å². The number of carboxylic acids is 1. The SMILES string of the molecule is NCCCCS(=O)(=O)Cc1ccc(C(=O)O)cc1. The van der Waals surface area contributed by atoms with Crippen molar-refractivity contribution in [1.82, 2.24) is 0 Å². The van der Waals surface area contributed by atoms with Crippen LogP contribution in [0.25, 0.3) is 0 Å². The molecule has 0 heterocycles. The number of carboxylic acid groups (broad SMARTS) is 1. The summed E-state index contributed by atoms with van der Waals surface area (Å²) in [5.41, 5.74) is 6.06. The van der Waals surface area contributed by atoms with Crippen LogP contribution in [0.1, 0.15) is 28.8 Å². The predicted molar refractivity (Wildman–Crippen MR) is 69.2 cm³/mol. The third kappa shape index (κ3) is 4.85. The molecule has 0 unspecified atom stereocenters. The Hall–Kier alpha value is -1.40. The van der Waals surface area contributed by atoms with Gasteiger partial charge in [-0.1, -0.05) is 12.1 Å². The first-order valence-corrected chi connectivity index (χ1v) is 7.49. The second-order valence-corrected chi connectivity index (χ2v) is 6.27. The van der Waals surface area contributed by atoms with E-state index in [0.29, 0.717) is 24.9 Å². The van der Waals surface area contributed by atoms with Crippen LogP contribution in [-0.2, 0) is 15.6 Å². The van der Waals surface area contributed by atoms with E-state index in [2.05, 4.69) is 0 Å². The lowest BCUT2D eigenvalue weighted by Gasteiger charge is -2.04. The zero-order valence-corrected chi connectivity index (χ0v) is 10.8. The van der Waals surface area contributed by atoms with Gasteiger partial charge in [0.05, 0.1) is 17.1 Å². The Morgan fingerprint density at radius 1 is 1.17 bits per heavy atom. The number of benzene rings is 1. The Bertz CT molecular complexity index is 493. The van der Waals surface area contributed by atoms with Crippen molar-refractivity contribution in [2.45, 2.75) is 18.6 Å². The molecule has 0 aromatic heterocycles. The van der Waals surface area contributed by atoms with Crippen LogP contribution in [0.15, 0.2) is 24.3 Å². The summed E-state index contributed by atoms with van der Waals surface area (Å²) in [6.45, 7) is 0.489. The van der Waals surface area contributed by atoms with E-state index in [1.165, 1.54) is 24.3 Å². The Morgan fingerprint density at radius 2 is 1.78 bits per heavy atom. The fourth-order valence-electron chi connectivity index (χ4n) is 1.54. The largest absolute Gasteiger partial charge is 0.478 e. The molecule has 0 atom stereocenters. The molecular weight excluding hydrogens is 254 g/mol. The molecule has 0 amide bonds. The molecule has 0 saturated carbocycles. The minimum atomic E-state index is -3.14. The van der Waals surface area contributed by atoms with Crippen molar-refractivity contribution < 1.29 is 18.3 Å². The number of unbranched alkanes of at least 4 members (excludes halogenated alkanes) is 1. The van der Waals surface area contributed by atoms with Gasteiger partial charge in [-0.2, -0.15) is 0 Å². The minimum Gasteiger partial charge on any atom is -0.478 e. The Balaban J connectivity index is 2.63. The molecule has 5 nitrogen and oxygen atoms in total. The standard InChI is InChI=1S/C12H17NO4S/c13-7-1-2-8-18(16,17)9-10-3-5-11(6-4-10)12(14)15/h3-6H,1-2,7-9,13H2,(H,14,15). The van der Waals surface area contributed by atoms with Gasteiger partial charge in [0, 0.05) is 0 Å². The molecule has 0 aliphatic heterocycles. The molecule has 0 fully saturated rings. The van der Waals surface area contributed by atoms with Crippen molar-refractivity contribution in [3.05, 3.63) is 35.4 Å². The highest BCUT2D eigenvalue weighted by Gasteiger charge is 2.12. The number of hydrogen-bond donors (Lipinski definition) is 2. The van der Waals surface area contributed by atoms with Crippen LogP contribution in [-0.4, -0.2) is 31.8 Å². The number of hydrogen-bond acceptors (Lipinski definition) is 4. The van der Waals surface area contributed by atoms with Crippen LogP contribution >= 0.6 is 0 Å². The fourth-order valence-corrected chi connectivity index (χ4v) is 3.02. The van der Waals surface area contributed by atoms with Crippen molar-refractivity contribution in [3.8, 4) is 0 Å². The molecule has 0 aliphatic carbocycles. The second kappa shape index (κ2) is 6.51. The molecule has 0 radical (unpaired) electrons. The highest BCUT2D eigenvalue weighted by molar-refractivity contribution is 7.90. The average Bonchev–Trinajstić information content (AvgIpc) is 2.29. The number of nitrogens with two attached hydrogens (primary N) is 1. The Kier molecular flexibility index (Phi) is 5.30. The molecule has 1 aromatic carbocycles. The van der Waals surface area contributed by atoms with Crippen LogP contribution in [0.3, 0.4) is 0 Å². The number of carbonyl (C=O) groups is 1. The van der Waals surface area contributed by atoms with E-state index in [1.807, 2.05) is 0 Å². The number of aromatic carboxylic acids is 1. The van der Waals surface area contributed by atoms with Gasteiger partial charge < -0.3 is 10.8 Å². The van der Waals surface area contributed by atoms with Gasteiger partial charge in [-0.05, 0) is 37.1 Å². The first-order chi connectivity index (χ1) is 8.44. The molecule has 0 bridgehead atoms. The van der Waals surface area contributed by atoms with E-state index < -0.39 is 15.8 Å². The lowest BCUT2D eigenvalue weighted by Crippen LogP contribution is -2.11. The molecular formula is C12H17NO4S. The first kappa shape index (κ1) is 14.7. The van der Waals surface area contributed by atoms with Crippen molar-refractivity contribution in [1.29, 1.82) is 0 Å². The van der Waals surface area contributed by atoms with E-state index in [9.17, 15) is 13.2 Å². The maximum atomic E-state index is 11.7. The summed E-state index contributed by atoms with van der Waals surface area (Å²) in [5, 5.41) is 8.72. The Morgan fingerprint density at radius 3 is 2.28 bits per heavy atom. The van der Waals surface area contributed by atoms with Gasteiger partial charge in [0.25, 0.3) is 0 Å². The van der Waals surface area contributed by atoms with Gasteiger partial charge in [0.15, 0.2) is 9.84 Å². The number of rotatable bonds is 7. The summed E-state index contributed by atoms with van der Waals surface area (Å²) >= 11 is 0. The maximum absolute atomic E-state index is 11.7. The van der Waals surface area contributed by atoms with Gasteiger partial charge in [-0.25, -0.2) is 13.2 Å². The van der Waals surface area contributed by atoms with Gasteiger partial charge in [-0.3, -0.25) is 0 Å². The molecule has 6 heteroatoms. The van der Waals surface area contributed by atoms with E-state index in [4.69, 9.17) is 10.8 Å². The monoisotopic (exact) mass is 271 g/mol. The van der Waals surface area contributed by atoms with Gasteiger partial charge >= 0.3 is 5.97 Å². The van der Waals surface area contributed by atoms with E-state index in [1.54, 1.807) is 0 Å². The number of sulfone groups is 1. The van der Waals surface area contributed by atoms with Crippen molar-refractivity contribution >= 4 is 15.8 Å². The van der Waals surface area contributed by atoms with Gasteiger partial charge in [0.2, 0.25) is 0 Å². The average molecular weight is 271 g/mol. The summed E-state index contributed by atoms with van der Waals surface area (Å²) in [7, 11) is -3.14. The molecule has 0 spiro atoms. The molecule has 1 rings (SSSR count). The minimum absolute atomic E-state index is 0.0581. The second-order valence-electron chi connectivity index (χ2n) is 4.09.